The van der Waals surface area contributed by atoms with E-state index in [9.17, 15) is 4.79 Å². The SMILES string of the molecule is N#Cc1cccc(C(=O)N2CCC(OCCCc3ccccc3)C2)c1. The van der Waals surface area contributed by atoms with Crippen LogP contribution in [0.3, 0.4) is 0 Å². The van der Waals surface area contributed by atoms with Gasteiger partial charge in [-0.05, 0) is 43.0 Å². The normalized spacial score (nSPS) is 16.6. The summed E-state index contributed by atoms with van der Waals surface area (Å²) in [6.45, 7) is 2.05. The predicted octanol–water partition coefficient (Wildman–Crippen LogP) is 3.42. The van der Waals surface area contributed by atoms with Crippen LogP contribution in [0.5, 0.6) is 0 Å². The second kappa shape index (κ2) is 8.46. The highest BCUT2D eigenvalue weighted by Crippen LogP contribution is 2.17. The Labute approximate surface area is 148 Å². The zero-order chi connectivity index (χ0) is 17.5. The number of ether oxygens (including phenoxy) is 1. The molecule has 1 amide bonds. The molecule has 1 aliphatic rings. The Morgan fingerprint density at radius 2 is 2.04 bits per heavy atom. The van der Waals surface area contributed by atoms with E-state index in [0.717, 1.165) is 19.3 Å². The van der Waals surface area contributed by atoms with E-state index in [1.807, 2.05) is 11.0 Å². The summed E-state index contributed by atoms with van der Waals surface area (Å²) in [6, 6.07) is 19.3. The Bertz CT molecular complexity index is 752. The van der Waals surface area contributed by atoms with Crippen molar-refractivity contribution in [2.24, 2.45) is 0 Å². The first-order chi connectivity index (χ1) is 12.3. The highest BCUT2D eigenvalue weighted by molar-refractivity contribution is 5.94. The molecule has 25 heavy (non-hydrogen) atoms. The van der Waals surface area contributed by atoms with Gasteiger partial charge in [0.15, 0.2) is 0 Å². The third-order valence-electron chi connectivity index (χ3n) is 4.48. The number of amides is 1. The van der Waals surface area contributed by atoms with Gasteiger partial charge in [0.1, 0.15) is 0 Å². The molecule has 0 spiro atoms. The first kappa shape index (κ1) is 17.2. The summed E-state index contributed by atoms with van der Waals surface area (Å²) in [5, 5.41) is 8.96. The monoisotopic (exact) mass is 334 g/mol. The Morgan fingerprint density at radius 1 is 1.20 bits per heavy atom. The fourth-order valence-electron chi connectivity index (χ4n) is 3.12. The summed E-state index contributed by atoms with van der Waals surface area (Å²) in [5.74, 6) is -0.0208. The van der Waals surface area contributed by atoms with Gasteiger partial charge in [-0.1, -0.05) is 36.4 Å². The lowest BCUT2D eigenvalue weighted by molar-refractivity contribution is 0.0525. The molecule has 4 heteroatoms. The number of aryl methyl sites for hydroxylation is 1. The Balaban J connectivity index is 1.43. The molecule has 1 saturated heterocycles. The van der Waals surface area contributed by atoms with E-state index in [4.69, 9.17) is 10.00 Å². The first-order valence-electron chi connectivity index (χ1n) is 8.71. The molecule has 4 nitrogen and oxygen atoms in total. The molecule has 0 bridgehead atoms. The number of benzene rings is 2. The smallest absolute Gasteiger partial charge is 0.253 e. The molecule has 2 aromatic rings. The van der Waals surface area contributed by atoms with Crippen LogP contribution in [0.15, 0.2) is 54.6 Å². The van der Waals surface area contributed by atoms with Gasteiger partial charge in [-0.25, -0.2) is 0 Å². The minimum atomic E-state index is -0.0208. The molecular weight excluding hydrogens is 312 g/mol. The fourth-order valence-corrected chi connectivity index (χ4v) is 3.12. The van der Waals surface area contributed by atoms with E-state index in [1.54, 1.807) is 24.3 Å². The van der Waals surface area contributed by atoms with Crippen molar-refractivity contribution in [2.45, 2.75) is 25.4 Å². The van der Waals surface area contributed by atoms with Gasteiger partial charge in [0, 0.05) is 25.3 Å². The number of carbonyl (C=O) groups is 1. The second-order valence-electron chi connectivity index (χ2n) is 6.31. The van der Waals surface area contributed by atoms with Crippen molar-refractivity contribution in [1.29, 1.82) is 5.26 Å². The van der Waals surface area contributed by atoms with E-state index in [-0.39, 0.29) is 12.0 Å². The van der Waals surface area contributed by atoms with Gasteiger partial charge >= 0.3 is 0 Å². The van der Waals surface area contributed by atoms with Gasteiger partial charge in [0.2, 0.25) is 0 Å². The van der Waals surface area contributed by atoms with Crippen LogP contribution >= 0.6 is 0 Å². The van der Waals surface area contributed by atoms with Crippen molar-refractivity contribution in [3.63, 3.8) is 0 Å². The Kier molecular flexibility index (Phi) is 5.81. The summed E-state index contributed by atoms with van der Waals surface area (Å²) in [6.07, 6.45) is 2.98. The van der Waals surface area contributed by atoms with Crippen LogP contribution in [0, 0.1) is 11.3 Å². The van der Waals surface area contributed by atoms with Gasteiger partial charge in [-0.2, -0.15) is 5.26 Å². The van der Waals surface area contributed by atoms with Crippen LogP contribution in [0.1, 0.15) is 34.3 Å². The standard InChI is InChI=1S/C21H22N2O2/c22-15-18-8-4-10-19(14-18)21(24)23-12-11-20(16-23)25-13-5-9-17-6-2-1-3-7-17/h1-4,6-8,10,14,20H,5,9,11-13,16H2. The van der Waals surface area contributed by atoms with Crippen molar-refractivity contribution in [1.82, 2.24) is 4.90 Å². The van der Waals surface area contributed by atoms with Gasteiger partial charge in [0.25, 0.3) is 5.91 Å². The summed E-state index contributed by atoms with van der Waals surface area (Å²) in [5.41, 5.74) is 2.41. The summed E-state index contributed by atoms with van der Waals surface area (Å²) < 4.78 is 5.94. The lowest BCUT2D eigenvalue weighted by atomic mass is 10.1. The molecule has 1 unspecified atom stereocenters. The van der Waals surface area contributed by atoms with Gasteiger partial charge in [-0.3, -0.25) is 4.79 Å². The molecule has 128 valence electrons. The number of rotatable bonds is 6. The number of nitrogens with zero attached hydrogens (tertiary/aromatic N) is 2. The Morgan fingerprint density at radius 3 is 2.84 bits per heavy atom. The molecule has 1 fully saturated rings. The Hall–Kier alpha value is -2.64. The van der Waals surface area contributed by atoms with Crippen LogP contribution in [-0.2, 0) is 11.2 Å². The molecule has 0 saturated carbocycles. The molecule has 0 aliphatic carbocycles. The minimum absolute atomic E-state index is 0.0208. The second-order valence-corrected chi connectivity index (χ2v) is 6.31. The molecule has 0 radical (unpaired) electrons. The minimum Gasteiger partial charge on any atom is -0.376 e. The lowest BCUT2D eigenvalue weighted by Crippen LogP contribution is -2.30. The van der Waals surface area contributed by atoms with Crippen molar-refractivity contribution in [3.8, 4) is 6.07 Å². The van der Waals surface area contributed by atoms with Crippen molar-refractivity contribution in [3.05, 3.63) is 71.3 Å². The molecule has 2 aromatic carbocycles. The van der Waals surface area contributed by atoms with Gasteiger partial charge < -0.3 is 9.64 Å². The zero-order valence-electron chi connectivity index (χ0n) is 14.2. The summed E-state index contributed by atoms with van der Waals surface area (Å²) in [4.78, 5) is 14.4. The van der Waals surface area contributed by atoms with Gasteiger partial charge in [0.05, 0.1) is 17.7 Å². The van der Waals surface area contributed by atoms with E-state index in [2.05, 4.69) is 30.3 Å². The lowest BCUT2D eigenvalue weighted by Gasteiger charge is -2.17. The maximum Gasteiger partial charge on any atom is 0.253 e. The average molecular weight is 334 g/mol. The van der Waals surface area contributed by atoms with E-state index < -0.39 is 0 Å². The first-order valence-corrected chi connectivity index (χ1v) is 8.71. The highest BCUT2D eigenvalue weighted by Gasteiger charge is 2.27. The fraction of sp³-hybridized carbons (Fsp3) is 0.333. The van der Waals surface area contributed by atoms with Crippen LogP contribution in [0.25, 0.3) is 0 Å². The molecule has 0 N–H and O–H groups in total. The summed E-state index contributed by atoms with van der Waals surface area (Å²) >= 11 is 0. The number of hydrogen-bond donors (Lipinski definition) is 0. The summed E-state index contributed by atoms with van der Waals surface area (Å²) in [7, 11) is 0. The molecule has 1 heterocycles. The molecule has 1 aliphatic heterocycles. The van der Waals surface area contributed by atoms with Crippen molar-refractivity contribution >= 4 is 5.91 Å². The van der Waals surface area contributed by atoms with Crippen LogP contribution in [0.2, 0.25) is 0 Å². The third-order valence-corrected chi connectivity index (χ3v) is 4.48. The van der Waals surface area contributed by atoms with Crippen LogP contribution < -0.4 is 0 Å². The third kappa shape index (κ3) is 4.68. The highest BCUT2D eigenvalue weighted by atomic mass is 16.5. The molecular formula is C21H22N2O2. The number of carbonyl (C=O) groups excluding carboxylic acids is 1. The molecule has 0 aromatic heterocycles. The largest absolute Gasteiger partial charge is 0.376 e. The predicted molar refractivity (Wildman–Crippen MR) is 96.2 cm³/mol. The van der Waals surface area contributed by atoms with Crippen LogP contribution in [-0.4, -0.2) is 36.6 Å². The van der Waals surface area contributed by atoms with Crippen LogP contribution in [0.4, 0.5) is 0 Å². The van der Waals surface area contributed by atoms with E-state index in [0.29, 0.717) is 30.8 Å². The number of hydrogen-bond acceptors (Lipinski definition) is 3. The van der Waals surface area contributed by atoms with E-state index >= 15 is 0 Å². The van der Waals surface area contributed by atoms with Crippen molar-refractivity contribution in [2.75, 3.05) is 19.7 Å². The van der Waals surface area contributed by atoms with Gasteiger partial charge in [-0.15, -0.1) is 0 Å². The number of likely N-dealkylation sites (tertiary alicyclic amines) is 1. The average Bonchev–Trinajstić information content (AvgIpc) is 3.14. The quantitative estimate of drug-likeness (QED) is 0.761. The zero-order valence-corrected chi connectivity index (χ0v) is 14.2. The maximum atomic E-state index is 12.5. The van der Waals surface area contributed by atoms with E-state index in [1.165, 1.54) is 5.56 Å². The van der Waals surface area contributed by atoms with Crippen molar-refractivity contribution < 1.29 is 9.53 Å². The molecule has 1 atom stereocenters. The number of nitriles is 1. The molecule has 3 rings (SSSR count). The topological polar surface area (TPSA) is 53.3 Å². The maximum absolute atomic E-state index is 12.5.